The van der Waals surface area contributed by atoms with E-state index in [4.69, 9.17) is 15.2 Å². The van der Waals surface area contributed by atoms with E-state index in [1.807, 2.05) is 24.3 Å². The molecule has 0 fully saturated rings. The molecule has 1 aliphatic heterocycles. The number of methoxy groups -OCH3 is 2. The van der Waals surface area contributed by atoms with Gasteiger partial charge in [-0.05, 0) is 18.1 Å². The Hall–Kier alpha value is -3.04. The lowest BCUT2D eigenvalue weighted by atomic mass is 10.1. The number of aryl methyl sites for hydroxylation is 1. The predicted molar refractivity (Wildman–Crippen MR) is 117 cm³/mol. The first-order chi connectivity index (χ1) is 14.9. The second-order valence-corrected chi connectivity index (χ2v) is 7.52. The minimum absolute atomic E-state index is 0.0200. The maximum absolute atomic E-state index is 12.6. The molecule has 0 bridgehead atoms. The van der Waals surface area contributed by atoms with Gasteiger partial charge in [0.2, 0.25) is 5.91 Å². The average Bonchev–Trinajstić information content (AvgIpc) is 3.05. The number of nitrogens with zero attached hydrogens (tertiary/aromatic N) is 4. The first-order valence-electron chi connectivity index (χ1n) is 10.2. The third-order valence-electron chi connectivity index (χ3n) is 5.24. The molecule has 0 atom stereocenters. The molecule has 2 aromatic rings. The summed E-state index contributed by atoms with van der Waals surface area (Å²) >= 11 is 0. The van der Waals surface area contributed by atoms with Crippen molar-refractivity contribution in [2.24, 2.45) is 0 Å². The van der Waals surface area contributed by atoms with Crippen LogP contribution in [0.4, 0.5) is 11.6 Å². The number of carbonyl (C=O) groups excluding carboxylic acids is 2. The number of hydrogen-bond acceptors (Lipinski definition) is 8. The molecule has 0 saturated heterocycles. The molecule has 0 unspecified atom stereocenters. The van der Waals surface area contributed by atoms with Gasteiger partial charge in [0.05, 0.1) is 26.6 Å². The van der Waals surface area contributed by atoms with Gasteiger partial charge >= 0.3 is 5.97 Å². The molecule has 166 valence electrons. The Kier molecular flexibility index (Phi) is 7.54. The van der Waals surface area contributed by atoms with E-state index in [0.29, 0.717) is 55.8 Å². The SMILES string of the molecule is COCCN(CCN1C(=O)Cc2c(N)nc(C)nc21)Cc1cccc(CC(=O)OC)c1. The van der Waals surface area contributed by atoms with Gasteiger partial charge in [0.1, 0.15) is 17.5 Å². The number of hydrogen-bond donors (Lipinski definition) is 1. The van der Waals surface area contributed by atoms with E-state index in [2.05, 4.69) is 14.9 Å². The van der Waals surface area contributed by atoms with E-state index < -0.39 is 0 Å². The number of benzene rings is 1. The van der Waals surface area contributed by atoms with Crippen LogP contribution in [0.25, 0.3) is 0 Å². The molecule has 9 heteroatoms. The number of carbonyl (C=O) groups is 2. The van der Waals surface area contributed by atoms with Crippen LogP contribution in [0.5, 0.6) is 0 Å². The number of fused-ring (bicyclic) bond motifs is 1. The van der Waals surface area contributed by atoms with E-state index in [1.54, 1.807) is 18.9 Å². The van der Waals surface area contributed by atoms with Crippen molar-refractivity contribution in [3.05, 3.63) is 46.8 Å². The molecule has 0 saturated carbocycles. The number of aromatic nitrogens is 2. The van der Waals surface area contributed by atoms with Crippen molar-refractivity contribution >= 4 is 23.5 Å². The van der Waals surface area contributed by atoms with Crippen LogP contribution in [0.2, 0.25) is 0 Å². The van der Waals surface area contributed by atoms with Gasteiger partial charge < -0.3 is 15.2 Å². The Balaban J connectivity index is 1.70. The van der Waals surface area contributed by atoms with Crippen LogP contribution in [0.15, 0.2) is 24.3 Å². The average molecular weight is 428 g/mol. The Morgan fingerprint density at radius 1 is 1.23 bits per heavy atom. The first-order valence-corrected chi connectivity index (χ1v) is 10.2. The number of ether oxygens (including phenoxy) is 2. The van der Waals surface area contributed by atoms with Gasteiger partial charge in [0.25, 0.3) is 0 Å². The summed E-state index contributed by atoms with van der Waals surface area (Å²) in [5, 5.41) is 0. The molecule has 31 heavy (non-hydrogen) atoms. The molecule has 1 aliphatic rings. The van der Waals surface area contributed by atoms with E-state index in [-0.39, 0.29) is 24.7 Å². The zero-order valence-electron chi connectivity index (χ0n) is 18.3. The molecule has 0 radical (unpaired) electrons. The van der Waals surface area contributed by atoms with E-state index in [9.17, 15) is 9.59 Å². The molecular formula is C22H29N5O4. The monoisotopic (exact) mass is 427 g/mol. The lowest BCUT2D eigenvalue weighted by molar-refractivity contribution is -0.139. The highest BCUT2D eigenvalue weighted by atomic mass is 16.5. The topological polar surface area (TPSA) is 111 Å². The van der Waals surface area contributed by atoms with Gasteiger partial charge in [0, 0.05) is 38.9 Å². The molecule has 2 N–H and O–H groups in total. The molecular weight excluding hydrogens is 398 g/mol. The van der Waals surface area contributed by atoms with Crippen LogP contribution in [0.3, 0.4) is 0 Å². The Morgan fingerprint density at radius 2 is 2.00 bits per heavy atom. The molecule has 3 rings (SSSR count). The maximum atomic E-state index is 12.6. The second-order valence-electron chi connectivity index (χ2n) is 7.52. The lowest BCUT2D eigenvalue weighted by Gasteiger charge is -2.25. The summed E-state index contributed by atoms with van der Waals surface area (Å²) in [6.07, 6.45) is 0.469. The highest BCUT2D eigenvalue weighted by Crippen LogP contribution is 2.30. The van der Waals surface area contributed by atoms with Gasteiger partial charge in [0.15, 0.2) is 0 Å². The number of amides is 1. The molecule has 9 nitrogen and oxygen atoms in total. The highest BCUT2D eigenvalue weighted by molar-refractivity contribution is 6.01. The summed E-state index contributed by atoms with van der Waals surface area (Å²) < 4.78 is 10.0. The van der Waals surface area contributed by atoms with Crippen molar-refractivity contribution in [2.75, 3.05) is 51.1 Å². The molecule has 1 amide bonds. The largest absolute Gasteiger partial charge is 0.469 e. The quantitative estimate of drug-likeness (QED) is 0.562. The van der Waals surface area contributed by atoms with Gasteiger partial charge in [-0.25, -0.2) is 9.97 Å². The Bertz CT molecular complexity index is 949. The van der Waals surface area contributed by atoms with Crippen LogP contribution >= 0.6 is 0 Å². The predicted octanol–water partition coefficient (Wildman–Crippen LogP) is 1.12. The fourth-order valence-electron chi connectivity index (χ4n) is 3.66. The number of nitrogen functional groups attached to an aromatic ring is 1. The highest BCUT2D eigenvalue weighted by Gasteiger charge is 2.31. The van der Waals surface area contributed by atoms with Crippen molar-refractivity contribution < 1.29 is 19.1 Å². The molecule has 0 aliphatic carbocycles. The summed E-state index contributed by atoms with van der Waals surface area (Å²) in [5.41, 5.74) is 8.67. The van der Waals surface area contributed by atoms with E-state index >= 15 is 0 Å². The summed E-state index contributed by atoms with van der Waals surface area (Å²) in [6.45, 7) is 4.84. The standard InChI is InChI=1S/C22H29N5O4/c1-15-24-21(23)18-13-19(28)27(22(18)25-15)8-7-26(9-10-30-2)14-17-6-4-5-16(11-17)12-20(29)31-3/h4-6,11H,7-10,12-14H2,1-3H3,(H2,23,24,25). The van der Waals surface area contributed by atoms with E-state index in [1.165, 1.54) is 7.11 Å². The fourth-order valence-corrected chi connectivity index (χ4v) is 3.66. The molecule has 1 aromatic heterocycles. The van der Waals surface area contributed by atoms with Crippen LogP contribution in [0, 0.1) is 6.92 Å². The first kappa shape index (κ1) is 22.6. The number of rotatable bonds is 10. The van der Waals surface area contributed by atoms with Gasteiger partial charge in [-0.3, -0.25) is 19.4 Å². The van der Waals surface area contributed by atoms with Crippen molar-refractivity contribution in [3.8, 4) is 0 Å². The normalized spacial score (nSPS) is 13.0. The fraction of sp³-hybridized carbons (Fsp3) is 0.455. The minimum Gasteiger partial charge on any atom is -0.469 e. The van der Waals surface area contributed by atoms with Crippen LogP contribution in [-0.2, 0) is 38.4 Å². The van der Waals surface area contributed by atoms with Crippen molar-refractivity contribution in [1.29, 1.82) is 0 Å². The number of anilines is 2. The zero-order valence-corrected chi connectivity index (χ0v) is 18.3. The summed E-state index contributed by atoms with van der Waals surface area (Å²) in [4.78, 5) is 36.7. The summed E-state index contributed by atoms with van der Waals surface area (Å²) in [5.74, 6) is 1.25. The van der Waals surface area contributed by atoms with Gasteiger partial charge in [-0.15, -0.1) is 0 Å². The minimum atomic E-state index is -0.267. The van der Waals surface area contributed by atoms with Crippen LogP contribution < -0.4 is 10.6 Å². The van der Waals surface area contributed by atoms with Crippen LogP contribution in [-0.4, -0.2) is 67.2 Å². The maximum Gasteiger partial charge on any atom is 0.309 e. The molecule has 0 spiro atoms. The Labute approximate surface area is 182 Å². The van der Waals surface area contributed by atoms with Crippen molar-refractivity contribution in [3.63, 3.8) is 0 Å². The van der Waals surface area contributed by atoms with Crippen molar-refractivity contribution in [2.45, 2.75) is 26.3 Å². The zero-order chi connectivity index (χ0) is 22.4. The van der Waals surface area contributed by atoms with Gasteiger partial charge in [-0.1, -0.05) is 24.3 Å². The third-order valence-corrected chi connectivity index (χ3v) is 5.24. The van der Waals surface area contributed by atoms with Crippen molar-refractivity contribution in [1.82, 2.24) is 14.9 Å². The smallest absolute Gasteiger partial charge is 0.309 e. The number of nitrogens with two attached hydrogens (primary N) is 1. The van der Waals surface area contributed by atoms with E-state index in [0.717, 1.165) is 11.1 Å². The van der Waals surface area contributed by atoms with Crippen LogP contribution in [0.1, 0.15) is 22.5 Å². The second kappa shape index (κ2) is 10.3. The van der Waals surface area contributed by atoms with Gasteiger partial charge in [-0.2, -0.15) is 0 Å². The lowest BCUT2D eigenvalue weighted by Crippen LogP contribution is -2.38. The molecule has 2 heterocycles. The summed E-state index contributed by atoms with van der Waals surface area (Å²) in [7, 11) is 3.05. The molecule has 1 aromatic carbocycles. The third kappa shape index (κ3) is 5.77. The number of esters is 1. The Morgan fingerprint density at radius 3 is 2.74 bits per heavy atom. The summed E-state index contributed by atoms with van der Waals surface area (Å²) in [6, 6.07) is 7.87.